The van der Waals surface area contributed by atoms with E-state index in [-0.39, 0.29) is 12.3 Å². The zero-order chi connectivity index (χ0) is 13.1. The largest absolute Gasteiger partial charge is 0.481 e. The lowest BCUT2D eigenvalue weighted by Gasteiger charge is -2.29. The Morgan fingerprint density at radius 3 is 2.29 bits per heavy atom. The maximum atomic E-state index is 12.2. The van der Waals surface area contributed by atoms with Gasteiger partial charge in [0, 0.05) is 13.6 Å². The number of carboxylic acid groups (broad SMARTS) is 1. The molecule has 0 unspecified atom stereocenters. The van der Waals surface area contributed by atoms with Crippen molar-refractivity contribution in [3.05, 3.63) is 0 Å². The molecule has 1 aliphatic rings. The number of rotatable bonds is 5. The molecule has 98 valence electrons. The highest BCUT2D eigenvalue weighted by atomic mass is 16.4. The van der Waals surface area contributed by atoms with Gasteiger partial charge in [-0.3, -0.25) is 9.59 Å². The van der Waals surface area contributed by atoms with Gasteiger partial charge in [0.05, 0.1) is 11.8 Å². The molecule has 0 heterocycles. The summed E-state index contributed by atoms with van der Waals surface area (Å²) in [6.07, 6.45) is 4.78. The van der Waals surface area contributed by atoms with E-state index < -0.39 is 11.4 Å². The first-order chi connectivity index (χ1) is 7.83. The number of hydrogen-bond donors (Lipinski definition) is 1. The Hall–Kier alpha value is -1.06. The molecule has 0 atom stereocenters. The van der Waals surface area contributed by atoms with Crippen LogP contribution in [0.5, 0.6) is 0 Å². The molecule has 17 heavy (non-hydrogen) atoms. The smallest absolute Gasteiger partial charge is 0.304 e. The van der Waals surface area contributed by atoms with E-state index in [1.165, 1.54) is 25.7 Å². The van der Waals surface area contributed by atoms with Crippen LogP contribution in [0.3, 0.4) is 0 Å². The molecule has 0 aromatic carbocycles. The monoisotopic (exact) mass is 241 g/mol. The SMILES string of the molecule is CN(CC1CCCC1)C(=O)C(C)(C)CC(=O)O. The Morgan fingerprint density at radius 1 is 1.29 bits per heavy atom. The average Bonchev–Trinajstić information content (AvgIpc) is 2.67. The maximum Gasteiger partial charge on any atom is 0.304 e. The van der Waals surface area contributed by atoms with Crippen molar-refractivity contribution in [3.8, 4) is 0 Å². The number of nitrogens with zero attached hydrogens (tertiary/aromatic N) is 1. The van der Waals surface area contributed by atoms with Gasteiger partial charge < -0.3 is 10.0 Å². The van der Waals surface area contributed by atoms with Gasteiger partial charge in [0.15, 0.2) is 0 Å². The van der Waals surface area contributed by atoms with Gasteiger partial charge in [-0.1, -0.05) is 26.7 Å². The molecule has 0 aromatic rings. The predicted octanol–water partition coefficient (Wildman–Crippen LogP) is 2.14. The van der Waals surface area contributed by atoms with E-state index in [9.17, 15) is 9.59 Å². The number of carbonyl (C=O) groups is 2. The van der Waals surface area contributed by atoms with Gasteiger partial charge in [-0.2, -0.15) is 0 Å². The van der Waals surface area contributed by atoms with Crippen molar-refractivity contribution in [2.75, 3.05) is 13.6 Å². The minimum absolute atomic E-state index is 0.0631. The van der Waals surface area contributed by atoms with Crippen LogP contribution in [0, 0.1) is 11.3 Å². The molecule has 0 aromatic heterocycles. The normalized spacial score (nSPS) is 17.1. The summed E-state index contributed by atoms with van der Waals surface area (Å²) in [5.41, 5.74) is -0.806. The van der Waals surface area contributed by atoms with E-state index in [4.69, 9.17) is 5.11 Å². The second kappa shape index (κ2) is 5.52. The van der Waals surface area contributed by atoms with Crippen LogP contribution in [0.4, 0.5) is 0 Å². The third kappa shape index (κ3) is 4.02. The fourth-order valence-electron chi connectivity index (χ4n) is 2.63. The number of carbonyl (C=O) groups excluding carboxylic acids is 1. The van der Waals surface area contributed by atoms with Gasteiger partial charge in [-0.15, -0.1) is 0 Å². The van der Waals surface area contributed by atoms with E-state index in [1.807, 2.05) is 0 Å². The fourth-order valence-corrected chi connectivity index (χ4v) is 2.63. The standard InChI is InChI=1S/C13H23NO3/c1-13(2,8-11(15)16)12(17)14(3)9-10-6-4-5-7-10/h10H,4-9H2,1-3H3,(H,15,16). The summed E-state index contributed by atoms with van der Waals surface area (Å²) >= 11 is 0. The third-order valence-corrected chi connectivity index (χ3v) is 3.53. The molecule has 4 nitrogen and oxygen atoms in total. The summed E-state index contributed by atoms with van der Waals surface area (Å²) in [6.45, 7) is 4.17. The highest BCUT2D eigenvalue weighted by molar-refractivity contribution is 5.86. The Balaban J connectivity index is 2.52. The highest BCUT2D eigenvalue weighted by Crippen LogP contribution is 2.28. The molecule has 0 spiro atoms. The second-order valence-corrected chi connectivity index (χ2v) is 5.79. The molecular weight excluding hydrogens is 218 g/mol. The minimum atomic E-state index is -0.919. The molecule has 1 N–H and O–H groups in total. The van der Waals surface area contributed by atoms with Crippen molar-refractivity contribution < 1.29 is 14.7 Å². The quantitative estimate of drug-likeness (QED) is 0.802. The van der Waals surface area contributed by atoms with Gasteiger partial charge in [0.1, 0.15) is 0 Å². The lowest BCUT2D eigenvalue weighted by molar-refractivity contribution is -0.148. The van der Waals surface area contributed by atoms with Crippen molar-refractivity contribution >= 4 is 11.9 Å². The van der Waals surface area contributed by atoms with Crippen molar-refractivity contribution in [1.82, 2.24) is 4.90 Å². The summed E-state index contributed by atoms with van der Waals surface area (Å²) in [7, 11) is 1.78. The van der Waals surface area contributed by atoms with Crippen molar-refractivity contribution in [2.24, 2.45) is 11.3 Å². The van der Waals surface area contributed by atoms with Crippen molar-refractivity contribution in [3.63, 3.8) is 0 Å². The first kappa shape index (κ1) is 14.0. The summed E-state index contributed by atoms with van der Waals surface area (Å²) in [6, 6.07) is 0. The number of aliphatic carboxylic acids is 1. The van der Waals surface area contributed by atoms with Crippen LogP contribution < -0.4 is 0 Å². The summed E-state index contributed by atoms with van der Waals surface area (Å²) in [5.74, 6) is -0.381. The fraction of sp³-hybridized carbons (Fsp3) is 0.846. The molecule has 1 fully saturated rings. The second-order valence-electron chi connectivity index (χ2n) is 5.79. The van der Waals surface area contributed by atoms with Crippen LogP contribution >= 0.6 is 0 Å². The van der Waals surface area contributed by atoms with Crippen LogP contribution in [0.1, 0.15) is 46.0 Å². The van der Waals surface area contributed by atoms with Gasteiger partial charge in [-0.05, 0) is 18.8 Å². The van der Waals surface area contributed by atoms with E-state index >= 15 is 0 Å². The van der Waals surface area contributed by atoms with E-state index in [2.05, 4.69) is 0 Å². The third-order valence-electron chi connectivity index (χ3n) is 3.53. The van der Waals surface area contributed by atoms with Crippen molar-refractivity contribution in [2.45, 2.75) is 46.0 Å². The highest BCUT2D eigenvalue weighted by Gasteiger charge is 2.33. The van der Waals surface area contributed by atoms with Crippen LogP contribution in [-0.2, 0) is 9.59 Å². The number of carboxylic acids is 1. The molecule has 1 amide bonds. The number of amides is 1. The Morgan fingerprint density at radius 2 is 1.82 bits per heavy atom. The summed E-state index contributed by atoms with van der Waals surface area (Å²) in [4.78, 5) is 24.6. The van der Waals surface area contributed by atoms with Gasteiger partial charge >= 0.3 is 5.97 Å². The molecule has 0 saturated heterocycles. The maximum absolute atomic E-state index is 12.2. The predicted molar refractivity (Wildman–Crippen MR) is 65.6 cm³/mol. The first-order valence-electron chi connectivity index (χ1n) is 6.30. The van der Waals surface area contributed by atoms with E-state index in [0.29, 0.717) is 5.92 Å². The van der Waals surface area contributed by atoms with Crippen LogP contribution in [-0.4, -0.2) is 35.5 Å². The molecule has 0 aliphatic heterocycles. The Bertz CT molecular complexity index is 293. The van der Waals surface area contributed by atoms with Crippen LogP contribution in [0.2, 0.25) is 0 Å². The lowest BCUT2D eigenvalue weighted by Crippen LogP contribution is -2.41. The molecule has 4 heteroatoms. The molecule has 1 aliphatic carbocycles. The zero-order valence-corrected chi connectivity index (χ0v) is 11.0. The lowest BCUT2D eigenvalue weighted by atomic mass is 9.87. The minimum Gasteiger partial charge on any atom is -0.481 e. The average molecular weight is 241 g/mol. The molecule has 0 radical (unpaired) electrons. The molecule has 1 rings (SSSR count). The van der Waals surface area contributed by atoms with E-state index in [1.54, 1.807) is 25.8 Å². The summed E-state index contributed by atoms with van der Waals surface area (Å²) < 4.78 is 0. The van der Waals surface area contributed by atoms with Gasteiger partial charge in [0.2, 0.25) is 5.91 Å². The Labute approximate surface area is 103 Å². The van der Waals surface area contributed by atoms with Crippen molar-refractivity contribution in [1.29, 1.82) is 0 Å². The van der Waals surface area contributed by atoms with Crippen LogP contribution in [0.15, 0.2) is 0 Å². The first-order valence-corrected chi connectivity index (χ1v) is 6.30. The molecular formula is C13H23NO3. The molecule has 0 bridgehead atoms. The van der Waals surface area contributed by atoms with Gasteiger partial charge in [0.25, 0.3) is 0 Å². The summed E-state index contributed by atoms with van der Waals surface area (Å²) in [5, 5.41) is 8.79. The number of hydrogen-bond acceptors (Lipinski definition) is 2. The topological polar surface area (TPSA) is 57.6 Å². The van der Waals surface area contributed by atoms with Crippen LogP contribution in [0.25, 0.3) is 0 Å². The zero-order valence-electron chi connectivity index (χ0n) is 11.0. The van der Waals surface area contributed by atoms with E-state index in [0.717, 1.165) is 6.54 Å². The van der Waals surface area contributed by atoms with Gasteiger partial charge in [-0.25, -0.2) is 0 Å². The molecule has 1 saturated carbocycles. The Kier molecular flexibility index (Phi) is 4.54.